The van der Waals surface area contributed by atoms with Crippen LogP contribution in [0.2, 0.25) is 0 Å². The molecule has 0 aliphatic carbocycles. The van der Waals surface area contributed by atoms with E-state index >= 15 is 0 Å². The Balaban J connectivity index is 2.30. The van der Waals surface area contributed by atoms with Gasteiger partial charge in [-0.1, -0.05) is 19.8 Å². The van der Waals surface area contributed by atoms with Gasteiger partial charge in [0.15, 0.2) is 0 Å². The Kier molecular flexibility index (Phi) is 7.82. The topological polar surface area (TPSA) is 38.5 Å². The Labute approximate surface area is 107 Å². The molecule has 3 heteroatoms. The minimum Gasteiger partial charge on any atom is -0.385 e. The Morgan fingerprint density at radius 1 is 1.35 bits per heavy atom. The minimum atomic E-state index is 0.317. The number of hydrogen-bond acceptors (Lipinski definition) is 3. The largest absolute Gasteiger partial charge is 0.385 e. The predicted molar refractivity (Wildman–Crippen MR) is 73.2 cm³/mol. The Bertz CT molecular complexity index is 187. The number of ether oxygens (including phenoxy) is 1. The summed E-state index contributed by atoms with van der Waals surface area (Å²) < 4.78 is 5.08. The molecule has 0 amide bonds. The van der Waals surface area contributed by atoms with Crippen molar-refractivity contribution in [3.63, 3.8) is 0 Å². The second-order valence-electron chi connectivity index (χ2n) is 5.30. The lowest BCUT2D eigenvalue weighted by Gasteiger charge is -2.31. The molecule has 0 bridgehead atoms. The molecule has 0 aromatic rings. The van der Waals surface area contributed by atoms with Crippen LogP contribution in [0.5, 0.6) is 0 Å². The average Bonchev–Trinajstić information content (AvgIpc) is 2.54. The summed E-state index contributed by atoms with van der Waals surface area (Å²) in [6, 6.07) is 1.09. The molecule has 3 nitrogen and oxygen atoms in total. The van der Waals surface area contributed by atoms with Crippen molar-refractivity contribution in [1.29, 1.82) is 0 Å². The molecule has 2 atom stereocenters. The number of nitrogens with two attached hydrogens (primary N) is 1. The van der Waals surface area contributed by atoms with Crippen molar-refractivity contribution in [2.45, 2.75) is 64.0 Å². The van der Waals surface area contributed by atoms with Crippen molar-refractivity contribution in [3.8, 4) is 0 Å². The van der Waals surface area contributed by atoms with Gasteiger partial charge in [-0.3, -0.25) is 4.90 Å². The maximum atomic E-state index is 6.22. The molecule has 2 N–H and O–H groups in total. The van der Waals surface area contributed by atoms with E-state index < -0.39 is 0 Å². The van der Waals surface area contributed by atoms with E-state index in [0.717, 1.165) is 32.0 Å². The maximum Gasteiger partial charge on any atom is 0.0462 e. The molecular formula is C14H30N2O. The quantitative estimate of drug-likeness (QED) is 0.697. The summed E-state index contributed by atoms with van der Waals surface area (Å²) in [6.07, 6.45) is 8.94. The van der Waals surface area contributed by atoms with Crippen molar-refractivity contribution in [3.05, 3.63) is 0 Å². The van der Waals surface area contributed by atoms with Gasteiger partial charge >= 0.3 is 0 Å². The van der Waals surface area contributed by atoms with Crippen LogP contribution in [-0.2, 0) is 4.74 Å². The molecule has 1 rings (SSSR count). The number of likely N-dealkylation sites (tertiary alicyclic amines) is 1. The third kappa shape index (κ3) is 5.84. The first-order valence-electron chi connectivity index (χ1n) is 7.26. The third-order valence-corrected chi connectivity index (χ3v) is 3.86. The molecule has 0 aromatic heterocycles. The van der Waals surface area contributed by atoms with Crippen LogP contribution in [0.1, 0.15) is 51.9 Å². The molecule has 17 heavy (non-hydrogen) atoms. The SMILES string of the molecule is CCC1CCCCCN1CC(N)CCCOC. The van der Waals surface area contributed by atoms with Crippen LogP contribution in [0.15, 0.2) is 0 Å². The van der Waals surface area contributed by atoms with E-state index in [1.54, 1.807) is 7.11 Å². The lowest BCUT2D eigenvalue weighted by Crippen LogP contribution is -2.43. The van der Waals surface area contributed by atoms with Crippen LogP contribution in [-0.4, -0.2) is 43.8 Å². The van der Waals surface area contributed by atoms with Crippen molar-refractivity contribution in [2.75, 3.05) is 26.8 Å². The molecule has 102 valence electrons. The average molecular weight is 242 g/mol. The molecule has 0 aromatic carbocycles. The molecule has 1 aliphatic rings. The summed E-state index contributed by atoms with van der Waals surface area (Å²) in [6.45, 7) is 5.46. The monoisotopic (exact) mass is 242 g/mol. The first-order valence-corrected chi connectivity index (χ1v) is 7.26. The highest BCUT2D eigenvalue weighted by atomic mass is 16.5. The number of hydrogen-bond donors (Lipinski definition) is 1. The Morgan fingerprint density at radius 2 is 2.18 bits per heavy atom. The van der Waals surface area contributed by atoms with Gasteiger partial charge in [-0.2, -0.15) is 0 Å². The van der Waals surface area contributed by atoms with E-state index in [1.807, 2.05) is 0 Å². The summed E-state index contributed by atoms with van der Waals surface area (Å²) >= 11 is 0. The fourth-order valence-electron chi connectivity index (χ4n) is 2.82. The van der Waals surface area contributed by atoms with Gasteiger partial charge in [-0.15, -0.1) is 0 Å². The van der Waals surface area contributed by atoms with Crippen LogP contribution < -0.4 is 5.73 Å². The van der Waals surface area contributed by atoms with Gasteiger partial charge in [0, 0.05) is 32.3 Å². The molecule has 1 fully saturated rings. The van der Waals surface area contributed by atoms with Gasteiger partial charge in [0.05, 0.1) is 0 Å². The smallest absolute Gasteiger partial charge is 0.0462 e. The van der Waals surface area contributed by atoms with Gasteiger partial charge in [0.2, 0.25) is 0 Å². The third-order valence-electron chi connectivity index (χ3n) is 3.86. The van der Waals surface area contributed by atoms with E-state index in [1.165, 1.54) is 38.6 Å². The molecule has 1 heterocycles. The van der Waals surface area contributed by atoms with Gasteiger partial charge < -0.3 is 10.5 Å². The molecule has 0 radical (unpaired) electrons. The zero-order valence-corrected chi connectivity index (χ0v) is 11.7. The molecule has 0 saturated carbocycles. The fraction of sp³-hybridized carbons (Fsp3) is 1.00. The van der Waals surface area contributed by atoms with Crippen LogP contribution in [0.25, 0.3) is 0 Å². The van der Waals surface area contributed by atoms with Gasteiger partial charge in [0.1, 0.15) is 0 Å². The summed E-state index contributed by atoms with van der Waals surface area (Å²) in [5.41, 5.74) is 6.22. The van der Waals surface area contributed by atoms with Crippen LogP contribution >= 0.6 is 0 Å². The number of methoxy groups -OCH3 is 1. The molecule has 0 spiro atoms. The van der Waals surface area contributed by atoms with E-state index in [2.05, 4.69) is 11.8 Å². The number of rotatable bonds is 7. The summed E-state index contributed by atoms with van der Waals surface area (Å²) in [7, 11) is 1.76. The van der Waals surface area contributed by atoms with Crippen molar-refractivity contribution < 1.29 is 4.74 Å². The maximum absolute atomic E-state index is 6.22. The normalized spacial score (nSPS) is 24.5. The highest BCUT2D eigenvalue weighted by Gasteiger charge is 2.20. The van der Waals surface area contributed by atoms with Crippen molar-refractivity contribution in [2.24, 2.45) is 5.73 Å². The fourth-order valence-corrected chi connectivity index (χ4v) is 2.82. The second kappa shape index (κ2) is 8.90. The zero-order valence-electron chi connectivity index (χ0n) is 11.7. The van der Waals surface area contributed by atoms with E-state index in [-0.39, 0.29) is 0 Å². The Hall–Kier alpha value is -0.120. The van der Waals surface area contributed by atoms with Gasteiger partial charge in [-0.25, -0.2) is 0 Å². The lowest BCUT2D eigenvalue weighted by molar-refractivity contribution is 0.166. The molecule has 2 unspecified atom stereocenters. The summed E-state index contributed by atoms with van der Waals surface area (Å²) in [4.78, 5) is 2.63. The van der Waals surface area contributed by atoms with Gasteiger partial charge in [-0.05, 0) is 38.6 Å². The first kappa shape index (κ1) is 14.9. The van der Waals surface area contributed by atoms with Gasteiger partial charge in [0.25, 0.3) is 0 Å². The predicted octanol–water partition coefficient (Wildman–Crippen LogP) is 2.39. The van der Waals surface area contributed by atoms with E-state index in [9.17, 15) is 0 Å². The highest BCUT2D eigenvalue weighted by molar-refractivity contribution is 4.78. The zero-order chi connectivity index (χ0) is 12.5. The van der Waals surface area contributed by atoms with Crippen molar-refractivity contribution in [1.82, 2.24) is 4.90 Å². The standard InChI is InChI=1S/C14H30N2O/c1-3-14-9-5-4-6-10-16(14)12-13(15)8-7-11-17-2/h13-14H,3-12,15H2,1-2H3. The van der Waals surface area contributed by atoms with E-state index in [0.29, 0.717) is 6.04 Å². The lowest BCUT2D eigenvalue weighted by atomic mass is 10.1. The van der Waals surface area contributed by atoms with E-state index in [4.69, 9.17) is 10.5 Å². The minimum absolute atomic E-state index is 0.317. The van der Waals surface area contributed by atoms with Crippen LogP contribution in [0, 0.1) is 0 Å². The first-order chi connectivity index (χ1) is 8.27. The van der Waals surface area contributed by atoms with Crippen LogP contribution in [0.4, 0.5) is 0 Å². The highest BCUT2D eigenvalue weighted by Crippen LogP contribution is 2.19. The molecule has 1 saturated heterocycles. The number of nitrogens with zero attached hydrogens (tertiary/aromatic N) is 1. The molecular weight excluding hydrogens is 212 g/mol. The summed E-state index contributed by atoms with van der Waals surface area (Å²) in [5.74, 6) is 0. The molecule has 1 aliphatic heterocycles. The van der Waals surface area contributed by atoms with Crippen LogP contribution in [0.3, 0.4) is 0 Å². The second-order valence-corrected chi connectivity index (χ2v) is 5.30. The summed E-state index contributed by atoms with van der Waals surface area (Å²) in [5, 5.41) is 0. The Morgan fingerprint density at radius 3 is 2.88 bits per heavy atom. The van der Waals surface area contributed by atoms with Crippen molar-refractivity contribution >= 4 is 0 Å².